The maximum Gasteiger partial charge on any atom is 0.249 e. The Bertz CT molecular complexity index is 765. The van der Waals surface area contributed by atoms with E-state index in [1.165, 1.54) is 0 Å². The third-order valence-corrected chi connectivity index (χ3v) is 4.17. The average molecular weight is 309 g/mol. The largest absolute Gasteiger partial charge is 0.435 e. The van der Waals surface area contributed by atoms with Gasteiger partial charge in [-0.3, -0.25) is 0 Å². The number of likely N-dealkylation sites (N-methyl/N-ethyl adjacent to an activating group) is 1. The molecule has 0 aliphatic carbocycles. The van der Waals surface area contributed by atoms with E-state index < -0.39 is 0 Å². The van der Waals surface area contributed by atoms with Gasteiger partial charge in [0.15, 0.2) is 17.3 Å². The molecule has 0 unspecified atom stereocenters. The van der Waals surface area contributed by atoms with E-state index in [9.17, 15) is 0 Å². The van der Waals surface area contributed by atoms with Gasteiger partial charge in [-0.2, -0.15) is 0 Å². The van der Waals surface area contributed by atoms with Gasteiger partial charge in [0.1, 0.15) is 5.69 Å². The monoisotopic (exact) mass is 309 g/mol. The van der Waals surface area contributed by atoms with Crippen LogP contribution in [0.1, 0.15) is 11.4 Å². The summed E-state index contributed by atoms with van der Waals surface area (Å²) in [7, 11) is 2.14. The van der Waals surface area contributed by atoms with Crippen molar-refractivity contribution < 1.29 is 4.74 Å². The molecule has 6 nitrogen and oxygen atoms in total. The molecule has 2 aliphatic rings. The lowest BCUT2D eigenvalue weighted by molar-refractivity contribution is 0.215. The Balaban J connectivity index is 1.84. The normalized spacial score (nSPS) is 17.7. The van der Waals surface area contributed by atoms with Gasteiger partial charge in [0.2, 0.25) is 5.88 Å². The zero-order chi connectivity index (χ0) is 15.8. The second kappa shape index (κ2) is 5.62. The Morgan fingerprint density at radius 1 is 1.09 bits per heavy atom. The van der Waals surface area contributed by atoms with Crippen molar-refractivity contribution >= 4 is 11.5 Å². The number of aryl methyl sites for hydroxylation is 1. The molecule has 6 heteroatoms. The van der Waals surface area contributed by atoms with Crippen molar-refractivity contribution in [3.05, 3.63) is 41.9 Å². The SMILES string of the molecule is Cc1cnc2c(n1)C(N1CCN(C)CC1)=Nc1ccccc1O2. The third-order valence-electron chi connectivity index (χ3n) is 4.17. The molecule has 0 saturated carbocycles. The number of ether oxygens (including phenoxy) is 1. The van der Waals surface area contributed by atoms with Gasteiger partial charge in [-0.1, -0.05) is 12.1 Å². The van der Waals surface area contributed by atoms with Crippen LogP contribution in [-0.2, 0) is 0 Å². The van der Waals surface area contributed by atoms with Crippen molar-refractivity contribution in [2.45, 2.75) is 6.92 Å². The molecule has 0 bridgehead atoms. The van der Waals surface area contributed by atoms with Gasteiger partial charge < -0.3 is 14.5 Å². The standard InChI is InChI=1S/C17H19N5O/c1-12-11-18-17-15(19-12)16(22-9-7-21(2)8-10-22)20-13-5-3-4-6-14(13)23-17/h3-6,11H,7-10H2,1-2H3. The van der Waals surface area contributed by atoms with Crippen molar-refractivity contribution in [2.75, 3.05) is 33.2 Å². The zero-order valence-corrected chi connectivity index (χ0v) is 13.4. The zero-order valence-electron chi connectivity index (χ0n) is 13.4. The number of para-hydroxylation sites is 2. The minimum absolute atomic E-state index is 0.526. The van der Waals surface area contributed by atoms with Crippen LogP contribution in [0.5, 0.6) is 11.6 Å². The van der Waals surface area contributed by atoms with Crippen LogP contribution in [0.4, 0.5) is 5.69 Å². The number of piperazine rings is 1. The van der Waals surface area contributed by atoms with Gasteiger partial charge >= 0.3 is 0 Å². The first-order valence-electron chi connectivity index (χ1n) is 7.84. The number of amidine groups is 1. The first-order valence-corrected chi connectivity index (χ1v) is 7.84. The quantitative estimate of drug-likeness (QED) is 0.747. The van der Waals surface area contributed by atoms with Crippen molar-refractivity contribution in [1.82, 2.24) is 19.8 Å². The van der Waals surface area contributed by atoms with Crippen LogP contribution >= 0.6 is 0 Å². The van der Waals surface area contributed by atoms with Crippen LogP contribution in [0.25, 0.3) is 0 Å². The molecule has 1 fully saturated rings. The lowest BCUT2D eigenvalue weighted by atomic mass is 10.2. The molecule has 0 radical (unpaired) electrons. The number of rotatable bonds is 0. The number of hydrogen-bond acceptors (Lipinski definition) is 6. The molecule has 1 saturated heterocycles. The summed E-state index contributed by atoms with van der Waals surface area (Å²) in [6.07, 6.45) is 1.73. The first-order chi connectivity index (χ1) is 11.2. The molecule has 4 rings (SSSR count). The molecule has 0 amide bonds. The van der Waals surface area contributed by atoms with Crippen molar-refractivity contribution in [3.8, 4) is 11.6 Å². The lowest BCUT2D eigenvalue weighted by Crippen LogP contribution is -2.47. The second-order valence-electron chi connectivity index (χ2n) is 5.96. The Morgan fingerprint density at radius 3 is 2.70 bits per heavy atom. The van der Waals surface area contributed by atoms with Gasteiger partial charge in [-0.05, 0) is 26.1 Å². The van der Waals surface area contributed by atoms with E-state index in [4.69, 9.17) is 9.73 Å². The van der Waals surface area contributed by atoms with E-state index >= 15 is 0 Å². The molecule has 1 aromatic heterocycles. The van der Waals surface area contributed by atoms with Crippen LogP contribution in [0.15, 0.2) is 35.5 Å². The van der Waals surface area contributed by atoms with Gasteiger partial charge in [0.05, 0.1) is 11.9 Å². The highest BCUT2D eigenvalue weighted by molar-refractivity contribution is 6.01. The highest BCUT2D eigenvalue weighted by Crippen LogP contribution is 2.36. The predicted molar refractivity (Wildman–Crippen MR) is 88.6 cm³/mol. The Kier molecular flexibility index (Phi) is 3.46. The van der Waals surface area contributed by atoms with E-state index in [-0.39, 0.29) is 0 Å². The fourth-order valence-electron chi connectivity index (χ4n) is 2.83. The number of aliphatic imine (C=N–C) groups is 1. The Hall–Kier alpha value is -2.47. The van der Waals surface area contributed by atoms with Gasteiger partial charge in [-0.25, -0.2) is 15.0 Å². The third kappa shape index (κ3) is 2.66. The van der Waals surface area contributed by atoms with Gasteiger partial charge in [-0.15, -0.1) is 0 Å². The molecule has 1 aromatic carbocycles. The number of benzene rings is 1. The fourth-order valence-corrected chi connectivity index (χ4v) is 2.83. The molecule has 2 aliphatic heterocycles. The van der Waals surface area contributed by atoms with Crippen molar-refractivity contribution in [2.24, 2.45) is 4.99 Å². The fraction of sp³-hybridized carbons (Fsp3) is 0.353. The average Bonchev–Trinajstić information content (AvgIpc) is 2.72. The molecule has 118 valence electrons. The Labute approximate surface area is 135 Å². The number of hydrogen-bond donors (Lipinski definition) is 0. The number of fused-ring (bicyclic) bond motifs is 2. The van der Waals surface area contributed by atoms with Crippen LogP contribution < -0.4 is 4.74 Å². The van der Waals surface area contributed by atoms with E-state index in [1.807, 2.05) is 31.2 Å². The molecule has 3 heterocycles. The summed E-state index contributed by atoms with van der Waals surface area (Å²) in [6.45, 7) is 5.80. The highest BCUT2D eigenvalue weighted by atomic mass is 16.5. The predicted octanol–water partition coefficient (Wildman–Crippen LogP) is 2.22. The number of nitrogens with zero attached hydrogens (tertiary/aromatic N) is 5. The van der Waals surface area contributed by atoms with E-state index in [0.717, 1.165) is 54.8 Å². The van der Waals surface area contributed by atoms with Crippen LogP contribution in [0.3, 0.4) is 0 Å². The highest BCUT2D eigenvalue weighted by Gasteiger charge is 2.27. The minimum atomic E-state index is 0.526. The topological polar surface area (TPSA) is 53.9 Å². The van der Waals surface area contributed by atoms with E-state index in [1.54, 1.807) is 6.20 Å². The summed E-state index contributed by atoms with van der Waals surface area (Å²) >= 11 is 0. The van der Waals surface area contributed by atoms with Crippen LogP contribution in [0, 0.1) is 6.92 Å². The molecule has 2 aromatic rings. The molecule has 0 spiro atoms. The maximum atomic E-state index is 5.97. The maximum absolute atomic E-state index is 5.97. The smallest absolute Gasteiger partial charge is 0.249 e. The van der Waals surface area contributed by atoms with Crippen LogP contribution in [-0.4, -0.2) is 58.8 Å². The Morgan fingerprint density at radius 2 is 1.87 bits per heavy atom. The lowest BCUT2D eigenvalue weighted by Gasteiger charge is -2.34. The van der Waals surface area contributed by atoms with E-state index in [2.05, 4.69) is 26.8 Å². The molecular formula is C17H19N5O. The molecule has 0 atom stereocenters. The second-order valence-corrected chi connectivity index (χ2v) is 5.96. The summed E-state index contributed by atoms with van der Waals surface area (Å²) in [5.74, 6) is 2.10. The first kappa shape index (κ1) is 14.1. The molecular weight excluding hydrogens is 290 g/mol. The van der Waals surface area contributed by atoms with Crippen molar-refractivity contribution in [3.63, 3.8) is 0 Å². The summed E-state index contributed by atoms with van der Waals surface area (Å²) in [5.41, 5.74) is 2.41. The summed E-state index contributed by atoms with van der Waals surface area (Å²) in [5, 5.41) is 0. The molecule has 23 heavy (non-hydrogen) atoms. The summed E-state index contributed by atoms with van der Waals surface area (Å²) < 4.78 is 5.97. The van der Waals surface area contributed by atoms with Gasteiger partial charge in [0.25, 0.3) is 0 Å². The summed E-state index contributed by atoms with van der Waals surface area (Å²) in [6, 6.07) is 7.78. The minimum Gasteiger partial charge on any atom is -0.435 e. The van der Waals surface area contributed by atoms with Crippen molar-refractivity contribution in [1.29, 1.82) is 0 Å². The molecule has 0 N–H and O–H groups in total. The summed E-state index contributed by atoms with van der Waals surface area (Å²) in [4.78, 5) is 18.6. The van der Waals surface area contributed by atoms with Gasteiger partial charge in [0, 0.05) is 26.2 Å². The number of aromatic nitrogens is 2. The van der Waals surface area contributed by atoms with Crippen LogP contribution in [0.2, 0.25) is 0 Å². The van der Waals surface area contributed by atoms with E-state index in [0.29, 0.717) is 5.88 Å².